The van der Waals surface area contributed by atoms with Crippen molar-refractivity contribution in [3.63, 3.8) is 0 Å². The monoisotopic (exact) mass is 325 g/mol. The van der Waals surface area contributed by atoms with E-state index in [0.29, 0.717) is 18.0 Å². The van der Waals surface area contributed by atoms with Crippen LogP contribution in [0.15, 0.2) is 54.6 Å². The number of amides is 1. The predicted octanol–water partition coefficient (Wildman–Crippen LogP) is 3.66. The number of esters is 1. The molecule has 0 aliphatic rings. The first-order chi connectivity index (χ1) is 11.6. The molecule has 0 fully saturated rings. The molecule has 2 rings (SSSR count). The summed E-state index contributed by atoms with van der Waals surface area (Å²) in [5.41, 5.74) is 1.52. The van der Waals surface area contributed by atoms with Crippen molar-refractivity contribution in [3.8, 4) is 11.5 Å². The molecular formula is C19H19NO4. The van der Waals surface area contributed by atoms with Gasteiger partial charge in [0.05, 0.1) is 6.61 Å². The van der Waals surface area contributed by atoms with Crippen LogP contribution in [-0.4, -0.2) is 18.5 Å². The van der Waals surface area contributed by atoms with E-state index in [1.807, 2.05) is 31.2 Å². The van der Waals surface area contributed by atoms with E-state index < -0.39 is 5.97 Å². The molecule has 0 saturated carbocycles. The number of hydrogen-bond donors (Lipinski definition) is 1. The highest BCUT2D eigenvalue weighted by molar-refractivity contribution is 5.90. The van der Waals surface area contributed by atoms with Gasteiger partial charge in [-0.3, -0.25) is 4.79 Å². The number of anilines is 1. The maximum atomic E-state index is 11.8. The Kier molecular flexibility index (Phi) is 6.14. The van der Waals surface area contributed by atoms with Gasteiger partial charge in [0.2, 0.25) is 5.91 Å². The number of carbonyl (C=O) groups excluding carboxylic acids is 2. The number of carbonyl (C=O) groups is 2. The van der Waals surface area contributed by atoms with Crippen LogP contribution in [0.2, 0.25) is 0 Å². The van der Waals surface area contributed by atoms with Crippen molar-refractivity contribution in [2.24, 2.45) is 0 Å². The Hall–Kier alpha value is -3.08. The number of ether oxygens (including phenoxy) is 2. The molecule has 0 saturated heterocycles. The summed E-state index contributed by atoms with van der Waals surface area (Å²) in [6.45, 7) is 3.97. The van der Waals surface area contributed by atoms with E-state index in [1.165, 1.54) is 13.0 Å². The average Bonchev–Trinajstić information content (AvgIpc) is 2.56. The fourth-order valence-electron chi connectivity index (χ4n) is 1.97. The summed E-state index contributed by atoms with van der Waals surface area (Å²) in [5.74, 6) is 0.566. The fourth-order valence-corrected chi connectivity index (χ4v) is 1.97. The first-order valence-corrected chi connectivity index (χ1v) is 7.57. The minimum atomic E-state index is -0.476. The quantitative estimate of drug-likeness (QED) is 0.500. The van der Waals surface area contributed by atoms with Crippen molar-refractivity contribution in [1.29, 1.82) is 0 Å². The Balaban J connectivity index is 1.91. The van der Waals surface area contributed by atoms with Gasteiger partial charge in [0.25, 0.3) is 0 Å². The van der Waals surface area contributed by atoms with Gasteiger partial charge in [-0.05, 0) is 55.0 Å². The molecule has 5 nitrogen and oxygen atoms in total. The molecule has 1 amide bonds. The van der Waals surface area contributed by atoms with E-state index in [-0.39, 0.29) is 5.91 Å². The summed E-state index contributed by atoms with van der Waals surface area (Å²) in [5, 5.41) is 2.64. The van der Waals surface area contributed by atoms with Crippen LogP contribution >= 0.6 is 0 Å². The van der Waals surface area contributed by atoms with Crippen LogP contribution in [-0.2, 0) is 9.59 Å². The van der Waals surface area contributed by atoms with Crippen molar-refractivity contribution in [1.82, 2.24) is 0 Å². The Bertz CT molecular complexity index is 718. The minimum Gasteiger partial charge on any atom is -0.494 e. The Morgan fingerprint density at radius 3 is 2.21 bits per heavy atom. The van der Waals surface area contributed by atoms with Gasteiger partial charge in [-0.2, -0.15) is 0 Å². The van der Waals surface area contributed by atoms with Crippen LogP contribution in [0.3, 0.4) is 0 Å². The van der Waals surface area contributed by atoms with Gasteiger partial charge in [0.15, 0.2) is 0 Å². The fraction of sp³-hybridized carbons (Fsp3) is 0.158. The van der Waals surface area contributed by atoms with Gasteiger partial charge in [0.1, 0.15) is 11.5 Å². The second-order valence-electron chi connectivity index (χ2n) is 4.96. The van der Waals surface area contributed by atoms with E-state index in [2.05, 4.69) is 5.32 Å². The normalized spacial score (nSPS) is 10.4. The third-order valence-electron chi connectivity index (χ3n) is 3.00. The lowest BCUT2D eigenvalue weighted by Crippen LogP contribution is -2.06. The van der Waals surface area contributed by atoms with Gasteiger partial charge in [-0.25, -0.2) is 4.79 Å². The van der Waals surface area contributed by atoms with Crippen LogP contribution in [0.4, 0.5) is 5.69 Å². The molecule has 24 heavy (non-hydrogen) atoms. The highest BCUT2D eigenvalue weighted by Crippen LogP contribution is 2.16. The molecule has 0 bridgehead atoms. The Morgan fingerprint density at radius 1 is 1.00 bits per heavy atom. The molecule has 2 aromatic carbocycles. The SMILES string of the molecule is CCOc1ccc(/C=C/C(=O)Oc2ccc(NC(C)=O)cc2)cc1. The van der Waals surface area contributed by atoms with Crippen LogP contribution in [0.5, 0.6) is 11.5 Å². The third kappa shape index (κ3) is 5.61. The van der Waals surface area contributed by atoms with Crippen LogP contribution in [0.1, 0.15) is 19.4 Å². The van der Waals surface area contributed by atoms with Crippen molar-refractivity contribution < 1.29 is 19.1 Å². The molecule has 0 aliphatic heterocycles. The Morgan fingerprint density at radius 2 is 1.62 bits per heavy atom. The van der Waals surface area contributed by atoms with Gasteiger partial charge in [-0.1, -0.05) is 12.1 Å². The molecular weight excluding hydrogens is 306 g/mol. The summed E-state index contributed by atoms with van der Waals surface area (Å²) in [6, 6.07) is 14.0. The van der Waals surface area contributed by atoms with Gasteiger partial charge in [0, 0.05) is 18.7 Å². The zero-order valence-electron chi connectivity index (χ0n) is 13.6. The zero-order chi connectivity index (χ0) is 17.4. The van der Waals surface area contributed by atoms with Crippen LogP contribution in [0.25, 0.3) is 6.08 Å². The van der Waals surface area contributed by atoms with Crippen LogP contribution in [0, 0.1) is 0 Å². The van der Waals surface area contributed by atoms with E-state index in [1.54, 1.807) is 30.3 Å². The van der Waals surface area contributed by atoms with Crippen LogP contribution < -0.4 is 14.8 Å². The minimum absolute atomic E-state index is 0.155. The number of nitrogens with one attached hydrogen (secondary N) is 1. The summed E-state index contributed by atoms with van der Waals surface area (Å²) >= 11 is 0. The van der Waals surface area contributed by atoms with Gasteiger partial charge < -0.3 is 14.8 Å². The lowest BCUT2D eigenvalue weighted by molar-refractivity contribution is -0.128. The average molecular weight is 325 g/mol. The topological polar surface area (TPSA) is 64.6 Å². The smallest absolute Gasteiger partial charge is 0.336 e. The van der Waals surface area contributed by atoms with E-state index in [4.69, 9.17) is 9.47 Å². The standard InChI is InChI=1S/C19H19NO4/c1-3-23-17-9-4-15(5-10-17)6-13-19(22)24-18-11-7-16(8-12-18)20-14(2)21/h4-13H,3H2,1-2H3,(H,20,21)/b13-6+. The van der Waals surface area contributed by atoms with Crippen molar-refractivity contribution in [2.45, 2.75) is 13.8 Å². The largest absolute Gasteiger partial charge is 0.494 e. The number of rotatable bonds is 6. The van der Waals surface area contributed by atoms with E-state index in [0.717, 1.165) is 11.3 Å². The lowest BCUT2D eigenvalue weighted by atomic mass is 10.2. The Labute approximate surface area is 140 Å². The molecule has 0 aliphatic carbocycles. The molecule has 0 radical (unpaired) electrons. The molecule has 0 aromatic heterocycles. The molecule has 5 heteroatoms. The summed E-state index contributed by atoms with van der Waals surface area (Å²) in [6.07, 6.45) is 3.03. The summed E-state index contributed by atoms with van der Waals surface area (Å²) in [7, 11) is 0. The summed E-state index contributed by atoms with van der Waals surface area (Å²) in [4.78, 5) is 22.8. The van der Waals surface area contributed by atoms with E-state index in [9.17, 15) is 9.59 Å². The zero-order valence-corrected chi connectivity index (χ0v) is 13.6. The van der Waals surface area contributed by atoms with Gasteiger partial charge in [-0.15, -0.1) is 0 Å². The first kappa shape index (κ1) is 17.3. The van der Waals surface area contributed by atoms with Crippen molar-refractivity contribution >= 4 is 23.6 Å². The number of benzene rings is 2. The molecule has 124 valence electrons. The summed E-state index contributed by atoms with van der Waals surface area (Å²) < 4.78 is 10.6. The molecule has 2 aromatic rings. The molecule has 0 unspecified atom stereocenters. The highest BCUT2D eigenvalue weighted by atomic mass is 16.5. The highest BCUT2D eigenvalue weighted by Gasteiger charge is 2.02. The predicted molar refractivity (Wildman–Crippen MR) is 93.0 cm³/mol. The van der Waals surface area contributed by atoms with E-state index >= 15 is 0 Å². The molecule has 0 heterocycles. The maximum Gasteiger partial charge on any atom is 0.336 e. The van der Waals surface area contributed by atoms with Gasteiger partial charge >= 0.3 is 5.97 Å². The molecule has 1 N–H and O–H groups in total. The molecule has 0 atom stereocenters. The second kappa shape index (κ2) is 8.53. The first-order valence-electron chi connectivity index (χ1n) is 7.57. The second-order valence-corrected chi connectivity index (χ2v) is 4.96. The maximum absolute atomic E-state index is 11.8. The third-order valence-corrected chi connectivity index (χ3v) is 3.00. The lowest BCUT2D eigenvalue weighted by Gasteiger charge is -2.04. The van der Waals surface area contributed by atoms with Crippen molar-refractivity contribution in [3.05, 3.63) is 60.2 Å². The number of hydrogen-bond acceptors (Lipinski definition) is 4. The van der Waals surface area contributed by atoms with Crippen molar-refractivity contribution in [2.75, 3.05) is 11.9 Å². The molecule has 0 spiro atoms.